The SMILES string of the molecule is Cc1c(Cl)cc(C(C)(C)c2ccc(OCc3ccnc(N4CCCCC4)n3)cc2)cc1C#N. The van der Waals surface area contributed by atoms with Crippen LogP contribution in [0.2, 0.25) is 5.02 Å². The predicted molar refractivity (Wildman–Crippen MR) is 132 cm³/mol. The zero-order chi connectivity index (χ0) is 23.4. The van der Waals surface area contributed by atoms with E-state index >= 15 is 0 Å². The van der Waals surface area contributed by atoms with E-state index in [1.807, 2.05) is 43.5 Å². The number of halogens is 1. The molecule has 6 heteroatoms. The normalized spacial score (nSPS) is 14.1. The van der Waals surface area contributed by atoms with Gasteiger partial charge in [0, 0.05) is 29.7 Å². The maximum Gasteiger partial charge on any atom is 0.225 e. The average molecular weight is 461 g/mol. The number of aromatic nitrogens is 2. The fourth-order valence-corrected chi connectivity index (χ4v) is 4.38. The summed E-state index contributed by atoms with van der Waals surface area (Å²) in [5.74, 6) is 1.58. The predicted octanol–water partition coefficient (Wildman–Crippen LogP) is 6.21. The van der Waals surface area contributed by atoms with Crippen LogP contribution in [-0.4, -0.2) is 23.1 Å². The van der Waals surface area contributed by atoms with Crippen molar-refractivity contribution in [3.63, 3.8) is 0 Å². The Hall–Kier alpha value is -3.10. The minimum absolute atomic E-state index is 0.308. The van der Waals surface area contributed by atoms with Crippen LogP contribution in [0.25, 0.3) is 0 Å². The van der Waals surface area contributed by atoms with Crippen LogP contribution in [0.4, 0.5) is 5.95 Å². The van der Waals surface area contributed by atoms with E-state index in [1.165, 1.54) is 19.3 Å². The minimum Gasteiger partial charge on any atom is -0.487 e. The van der Waals surface area contributed by atoms with E-state index in [-0.39, 0.29) is 5.41 Å². The van der Waals surface area contributed by atoms with E-state index in [9.17, 15) is 5.26 Å². The summed E-state index contributed by atoms with van der Waals surface area (Å²) in [4.78, 5) is 11.4. The van der Waals surface area contributed by atoms with Crippen LogP contribution in [0.3, 0.4) is 0 Å². The Morgan fingerprint density at radius 3 is 2.48 bits per heavy atom. The van der Waals surface area contributed by atoms with Gasteiger partial charge in [-0.05, 0) is 73.2 Å². The zero-order valence-corrected chi connectivity index (χ0v) is 20.2. The summed E-state index contributed by atoms with van der Waals surface area (Å²) >= 11 is 6.39. The van der Waals surface area contributed by atoms with Gasteiger partial charge < -0.3 is 9.64 Å². The van der Waals surface area contributed by atoms with Crippen molar-refractivity contribution in [3.8, 4) is 11.8 Å². The van der Waals surface area contributed by atoms with Crippen LogP contribution in [0, 0.1) is 18.3 Å². The number of nitriles is 1. The summed E-state index contributed by atoms with van der Waals surface area (Å²) in [6.07, 6.45) is 5.48. The van der Waals surface area contributed by atoms with Crippen LogP contribution in [0.1, 0.15) is 61.1 Å². The van der Waals surface area contributed by atoms with Crippen LogP contribution in [-0.2, 0) is 12.0 Å². The van der Waals surface area contributed by atoms with Crippen molar-refractivity contribution in [2.75, 3.05) is 18.0 Å². The molecular weight excluding hydrogens is 432 g/mol. The van der Waals surface area contributed by atoms with Gasteiger partial charge in [-0.25, -0.2) is 9.97 Å². The Balaban J connectivity index is 1.46. The third-order valence-electron chi connectivity index (χ3n) is 6.49. The Kier molecular flexibility index (Phi) is 6.85. The molecule has 0 unspecified atom stereocenters. The summed E-state index contributed by atoms with van der Waals surface area (Å²) in [7, 11) is 0. The third-order valence-corrected chi connectivity index (χ3v) is 6.88. The molecule has 33 heavy (non-hydrogen) atoms. The molecule has 0 saturated carbocycles. The number of rotatable bonds is 6. The molecule has 1 aliphatic rings. The minimum atomic E-state index is -0.308. The van der Waals surface area contributed by atoms with E-state index in [0.29, 0.717) is 17.2 Å². The number of nitrogens with zero attached hydrogens (tertiary/aromatic N) is 4. The molecule has 0 radical (unpaired) electrons. The number of ether oxygens (including phenoxy) is 1. The van der Waals surface area contributed by atoms with E-state index in [0.717, 1.165) is 47.2 Å². The molecule has 0 bridgehead atoms. The van der Waals surface area contributed by atoms with Crippen molar-refractivity contribution < 1.29 is 4.74 Å². The fraction of sp³-hybridized carbons (Fsp3) is 0.370. The van der Waals surface area contributed by atoms with Crippen LogP contribution in [0.5, 0.6) is 5.75 Å². The molecule has 170 valence electrons. The molecule has 2 heterocycles. The summed E-state index contributed by atoms with van der Waals surface area (Å²) < 4.78 is 6.01. The lowest BCUT2D eigenvalue weighted by Gasteiger charge is -2.27. The Bertz CT molecular complexity index is 1160. The van der Waals surface area contributed by atoms with Gasteiger partial charge in [-0.3, -0.25) is 0 Å². The molecule has 1 fully saturated rings. The first kappa shape index (κ1) is 23.1. The average Bonchev–Trinajstić information content (AvgIpc) is 2.85. The van der Waals surface area contributed by atoms with Crippen molar-refractivity contribution >= 4 is 17.5 Å². The fourth-order valence-electron chi connectivity index (χ4n) is 4.16. The van der Waals surface area contributed by atoms with Crippen LogP contribution < -0.4 is 9.64 Å². The van der Waals surface area contributed by atoms with E-state index in [1.54, 1.807) is 0 Å². The van der Waals surface area contributed by atoms with Crippen molar-refractivity contribution in [2.24, 2.45) is 0 Å². The first-order chi connectivity index (χ1) is 15.9. The summed E-state index contributed by atoms with van der Waals surface area (Å²) in [6, 6.07) is 16.1. The van der Waals surface area contributed by atoms with Crippen molar-refractivity contribution in [3.05, 3.63) is 81.6 Å². The van der Waals surface area contributed by atoms with E-state index < -0.39 is 0 Å². The first-order valence-corrected chi connectivity index (χ1v) is 11.8. The highest BCUT2D eigenvalue weighted by Crippen LogP contribution is 2.35. The second kappa shape index (κ2) is 9.80. The molecular formula is C27H29ClN4O. The quantitative estimate of drug-likeness (QED) is 0.438. The van der Waals surface area contributed by atoms with Gasteiger partial charge >= 0.3 is 0 Å². The molecule has 1 aromatic heterocycles. The lowest BCUT2D eigenvalue weighted by atomic mass is 9.77. The van der Waals surface area contributed by atoms with Crippen LogP contribution in [0.15, 0.2) is 48.7 Å². The Labute approximate surface area is 201 Å². The highest BCUT2D eigenvalue weighted by Gasteiger charge is 2.25. The summed E-state index contributed by atoms with van der Waals surface area (Å²) in [5.41, 5.74) is 4.11. The first-order valence-electron chi connectivity index (χ1n) is 11.4. The number of anilines is 1. The zero-order valence-electron chi connectivity index (χ0n) is 19.4. The van der Waals surface area contributed by atoms with Crippen molar-refractivity contribution in [1.82, 2.24) is 9.97 Å². The second-order valence-corrected chi connectivity index (χ2v) is 9.48. The monoisotopic (exact) mass is 460 g/mol. The van der Waals surface area contributed by atoms with Gasteiger partial charge in [0.15, 0.2) is 0 Å². The largest absolute Gasteiger partial charge is 0.487 e. The summed E-state index contributed by atoms with van der Waals surface area (Å²) in [6.45, 7) is 8.57. The molecule has 4 rings (SSSR count). The maximum atomic E-state index is 9.45. The van der Waals surface area contributed by atoms with Crippen LogP contribution >= 0.6 is 11.6 Å². The molecule has 0 spiro atoms. The molecule has 1 saturated heterocycles. The standard InChI is InChI=1S/C27H29ClN4O/c1-19-20(17-29)15-22(16-25(19)28)27(2,3)21-7-9-24(10-8-21)33-18-23-11-12-30-26(31-23)32-13-5-4-6-14-32/h7-12,15-16H,4-6,13-14,18H2,1-3H3. The number of hydrogen-bond donors (Lipinski definition) is 0. The van der Waals surface area contributed by atoms with E-state index in [4.69, 9.17) is 21.3 Å². The molecule has 0 atom stereocenters. The Morgan fingerprint density at radius 1 is 1.06 bits per heavy atom. The lowest BCUT2D eigenvalue weighted by molar-refractivity contribution is 0.301. The topological polar surface area (TPSA) is 62.0 Å². The molecule has 0 aliphatic carbocycles. The molecule has 5 nitrogen and oxygen atoms in total. The van der Waals surface area contributed by atoms with E-state index in [2.05, 4.69) is 41.9 Å². The summed E-state index contributed by atoms with van der Waals surface area (Å²) in [5, 5.41) is 10.1. The molecule has 0 N–H and O–H groups in total. The third kappa shape index (κ3) is 5.12. The second-order valence-electron chi connectivity index (χ2n) is 9.08. The highest BCUT2D eigenvalue weighted by atomic mass is 35.5. The van der Waals surface area contributed by atoms with Gasteiger partial charge in [0.1, 0.15) is 12.4 Å². The number of benzene rings is 2. The highest BCUT2D eigenvalue weighted by molar-refractivity contribution is 6.31. The van der Waals surface area contributed by atoms with Gasteiger partial charge in [-0.1, -0.05) is 37.6 Å². The van der Waals surface area contributed by atoms with Gasteiger partial charge in [-0.2, -0.15) is 5.26 Å². The molecule has 2 aromatic carbocycles. The smallest absolute Gasteiger partial charge is 0.225 e. The number of piperidine rings is 1. The lowest BCUT2D eigenvalue weighted by Crippen LogP contribution is -2.31. The molecule has 0 amide bonds. The maximum absolute atomic E-state index is 9.45. The molecule has 3 aromatic rings. The van der Waals surface area contributed by atoms with Gasteiger partial charge in [0.2, 0.25) is 5.95 Å². The van der Waals surface area contributed by atoms with Gasteiger partial charge in [0.05, 0.1) is 17.3 Å². The van der Waals surface area contributed by atoms with Gasteiger partial charge in [0.25, 0.3) is 0 Å². The Morgan fingerprint density at radius 2 is 1.79 bits per heavy atom. The number of hydrogen-bond acceptors (Lipinski definition) is 5. The van der Waals surface area contributed by atoms with Crippen molar-refractivity contribution in [1.29, 1.82) is 5.26 Å². The van der Waals surface area contributed by atoms with Gasteiger partial charge in [-0.15, -0.1) is 0 Å². The van der Waals surface area contributed by atoms with Crippen molar-refractivity contribution in [2.45, 2.75) is 52.1 Å². The molecule has 1 aliphatic heterocycles.